The topological polar surface area (TPSA) is 47.6 Å². The number of carbonyl (C=O) groups is 1. The van der Waals surface area contributed by atoms with Crippen LogP contribution in [-0.2, 0) is 4.79 Å². The Bertz CT molecular complexity index is 421. The zero-order valence-electron chi connectivity index (χ0n) is 12.1. The average Bonchev–Trinajstić information content (AvgIpc) is 2.96. The summed E-state index contributed by atoms with van der Waals surface area (Å²) in [6.07, 6.45) is 7.63. The Kier molecular flexibility index (Phi) is 3.93. The Labute approximate surface area is 125 Å². The number of likely N-dealkylation sites (N-methyl/N-ethyl adjacent to an activating group) is 1. The summed E-state index contributed by atoms with van der Waals surface area (Å²) < 4.78 is 0. The molecule has 2 heterocycles. The van der Waals surface area contributed by atoms with Gasteiger partial charge in [-0.05, 0) is 19.3 Å². The van der Waals surface area contributed by atoms with Gasteiger partial charge in [-0.25, -0.2) is 0 Å². The molecule has 0 radical (unpaired) electrons. The quantitative estimate of drug-likeness (QED) is 0.597. The van der Waals surface area contributed by atoms with Crippen LogP contribution in [0.2, 0.25) is 0 Å². The number of hydrogen-bond acceptors (Lipinski definition) is 4. The molecule has 3 rings (SSSR count). The van der Waals surface area contributed by atoms with Crippen molar-refractivity contribution in [2.45, 2.75) is 62.9 Å². The van der Waals surface area contributed by atoms with Gasteiger partial charge in [0, 0.05) is 19.3 Å². The van der Waals surface area contributed by atoms with Gasteiger partial charge in [0.25, 0.3) is 0 Å². The summed E-state index contributed by atoms with van der Waals surface area (Å²) in [5.41, 5.74) is 0.690. The molecular formula is C14H23ClN4O. The molecule has 2 N–H and O–H groups in total. The molecule has 1 aliphatic carbocycles. The molecule has 0 aromatic heterocycles. The van der Waals surface area contributed by atoms with Crippen molar-refractivity contribution < 1.29 is 4.79 Å². The first kappa shape index (κ1) is 14.2. The number of hydrogen-bond donors (Lipinski definition) is 2. The lowest BCUT2D eigenvalue weighted by molar-refractivity contribution is -0.143. The minimum Gasteiger partial charge on any atom is -0.362 e. The molecule has 5 nitrogen and oxygen atoms in total. The predicted octanol–water partition coefficient (Wildman–Crippen LogP) is 1.36. The van der Waals surface area contributed by atoms with E-state index in [4.69, 9.17) is 11.6 Å². The maximum atomic E-state index is 12.6. The van der Waals surface area contributed by atoms with Gasteiger partial charge in [0.1, 0.15) is 6.17 Å². The summed E-state index contributed by atoms with van der Waals surface area (Å²) in [5, 5.41) is 6.43. The molecule has 2 aliphatic heterocycles. The first-order chi connectivity index (χ1) is 9.63. The summed E-state index contributed by atoms with van der Waals surface area (Å²) in [5.74, 6) is 0.193. The molecule has 3 atom stereocenters. The largest absolute Gasteiger partial charge is 0.362 e. The Morgan fingerprint density at radius 2 is 2.10 bits per heavy atom. The average molecular weight is 299 g/mol. The highest BCUT2D eigenvalue weighted by molar-refractivity contribution is 6.20. The monoisotopic (exact) mass is 298 g/mol. The Morgan fingerprint density at radius 1 is 1.40 bits per heavy atom. The highest BCUT2D eigenvalue weighted by atomic mass is 35.5. The van der Waals surface area contributed by atoms with Crippen LogP contribution in [0.3, 0.4) is 0 Å². The Hall–Kier alpha value is -0.780. The van der Waals surface area contributed by atoms with Crippen LogP contribution in [0, 0.1) is 0 Å². The summed E-state index contributed by atoms with van der Waals surface area (Å²) in [4.78, 5) is 16.8. The van der Waals surface area contributed by atoms with Gasteiger partial charge in [-0.15, -0.1) is 0 Å². The van der Waals surface area contributed by atoms with Crippen molar-refractivity contribution in [2.24, 2.45) is 0 Å². The lowest BCUT2D eigenvalue weighted by Crippen LogP contribution is -2.69. The SMILES string of the molecule is CC[C@@H]1C(=O)N(C)C2=CNC(Cl)NC2N1C1CCCC1. The third-order valence-electron chi connectivity index (χ3n) is 4.76. The van der Waals surface area contributed by atoms with Gasteiger partial charge in [0.15, 0.2) is 5.62 Å². The molecule has 0 bridgehead atoms. The number of carbonyl (C=O) groups excluding carboxylic acids is 1. The lowest BCUT2D eigenvalue weighted by Gasteiger charge is -2.51. The molecule has 20 heavy (non-hydrogen) atoms. The molecule has 2 fully saturated rings. The van der Waals surface area contributed by atoms with Crippen molar-refractivity contribution in [3.05, 3.63) is 11.9 Å². The normalized spacial score (nSPS) is 35.8. The van der Waals surface area contributed by atoms with E-state index in [2.05, 4.69) is 22.5 Å². The maximum absolute atomic E-state index is 12.6. The van der Waals surface area contributed by atoms with Crippen molar-refractivity contribution in [3.63, 3.8) is 0 Å². The summed E-state index contributed by atoms with van der Waals surface area (Å²) >= 11 is 6.19. The van der Waals surface area contributed by atoms with Gasteiger partial charge in [-0.2, -0.15) is 0 Å². The van der Waals surface area contributed by atoms with Gasteiger partial charge in [-0.1, -0.05) is 31.4 Å². The summed E-state index contributed by atoms with van der Waals surface area (Å²) in [6.45, 7) is 2.09. The summed E-state index contributed by atoms with van der Waals surface area (Å²) in [6, 6.07) is 0.445. The number of fused-ring (bicyclic) bond motifs is 1. The van der Waals surface area contributed by atoms with Crippen molar-refractivity contribution in [1.82, 2.24) is 20.4 Å². The summed E-state index contributed by atoms with van der Waals surface area (Å²) in [7, 11) is 1.85. The fraction of sp³-hybridized carbons (Fsp3) is 0.786. The van der Waals surface area contributed by atoms with Crippen LogP contribution in [0.4, 0.5) is 0 Å². The van der Waals surface area contributed by atoms with Crippen LogP contribution < -0.4 is 10.6 Å². The van der Waals surface area contributed by atoms with Crippen LogP contribution >= 0.6 is 11.6 Å². The standard InChI is InChI=1S/C14H23ClN4O/c1-3-10-13(20)18(2)11-8-16-14(15)17-12(11)19(10)9-6-4-5-7-9/h8-10,12,14,16-17H,3-7H2,1-2H3/t10-,12?,14?/m1/s1. The van der Waals surface area contributed by atoms with E-state index < -0.39 is 0 Å². The second-order valence-corrected chi connectivity index (χ2v) is 6.31. The van der Waals surface area contributed by atoms with E-state index in [1.165, 1.54) is 25.7 Å². The van der Waals surface area contributed by atoms with E-state index in [9.17, 15) is 4.79 Å². The Morgan fingerprint density at radius 3 is 2.75 bits per heavy atom. The zero-order valence-corrected chi connectivity index (χ0v) is 12.9. The second kappa shape index (κ2) is 5.54. The van der Waals surface area contributed by atoms with Crippen molar-refractivity contribution >= 4 is 17.5 Å². The van der Waals surface area contributed by atoms with Gasteiger partial charge in [0.05, 0.1) is 11.7 Å². The zero-order chi connectivity index (χ0) is 14.3. The van der Waals surface area contributed by atoms with Crippen LogP contribution in [0.5, 0.6) is 0 Å². The van der Waals surface area contributed by atoms with Crippen LogP contribution in [-0.4, -0.2) is 46.6 Å². The molecule has 3 aliphatic rings. The Balaban J connectivity index is 1.96. The molecule has 1 amide bonds. The number of halogens is 1. The molecule has 2 unspecified atom stereocenters. The molecule has 1 saturated carbocycles. The van der Waals surface area contributed by atoms with E-state index in [1.807, 2.05) is 13.2 Å². The van der Waals surface area contributed by atoms with Gasteiger partial charge in [0.2, 0.25) is 5.91 Å². The number of rotatable bonds is 2. The van der Waals surface area contributed by atoms with Crippen molar-refractivity contribution in [2.75, 3.05) is 7.05 Å². The molecular weight excluding hydrogens is 276 g/mol. The number of nitrogens with one attached hydrogen (secondary N) is 2. The highest BCUT2D eigenvalue weighted by Gasteiger charge is 2.46. The minimum atomic E-state index is -0.285. The second-order valence-electron chi connectivity index (χ2n) is 5.87. The minimum absolute atomic E-state index is 0.0366. The first-order valence-electron chi connectivity index (χ1n) is 7.54. The van der Waals surface area contributed by atoms with Crippen molar-refractivity contribution in [1.29, 1.82) is 0 Å². The maximum Gasteiger partial charge on any atom is 0.244 e. The van der Waals surface area contributed by atoms with Crippen molar-refractivity contribution in [3.8, 4) is 0 Å². The van der Waals surface area contributed by atoms with E-state index in [1.54, 1.807) is 4.90 Å². The first-order valence-corrected chi connectivity index (χ1v) is 7.98. The molecule has 0 aromatic rings. The van der Waals surface area contributed by atoms with Gasteiger partial charge >= 0.3 is 0 Å². The fourth-order valence-electron chi connectivity index (χ4n) is 3.74. The number of nitrogens with zero attached hydrogens (tertiary/aromatic N) is 2. The number of alkyl halides is 1. The van der Waals surface area contributed by atoms with E-state index in [0.717, 1.165) is 12.1 Å². The number of amides is 1. The molecule has 1 saturated heterocycles. The smallest absolute Gasteiger partial charge is 0.244 e. The third kappa shape index (κ3) is 2.22. The highest BCUT2D eigenvalue weighted by Crippen LogP contribution is 2.34. The van der Waals surface area contributed by atoms with Crippen LogP contribution in [0.1, 0.15) is 39.0 Å². The third-order valence-corrected chi connectivity index (χ3v) is 5.01. The number of piperazine rings is 1. The van der Waals surface area contributed by atoms with E-state index in [0.29, 0.717) is 6.04 Å². The van der Waals surface area contributed by atoms with Crippen LogP contribution in [0.15, 0.2) is 11.9 Å². The predicted molar refractivity (Wildman–Crippen MR) is 78.7 cm³/mol. The van der Waals surface area contributed by atoms with E-state index in [-0.39, 0.29) is 23.7 Å². The molecule has 112 valence electrons. The molecule has 6 heteroatoms. The van der Waals surface area contributed by atoms with Gasteiger partial charge in [-0.3, -0.25) is 15.0 Å². The van der Waals surface area contributed by atoms with Gasteiger partial charge < -0.3 is 10.2 Å². The fourth-order valence-corrected chi connectivity index (χ4v) is 3.92. The molecule has 0 aromatic carbocycles. The van der Waals surface area contributed by atoms with E-state index >= 15 is 0 Å². The van der Waals surface area contributed by atoms with Crippen LogP contribution in [0.25, 0.3) is 0 Å². The lowest BCUT2D eigenvalue weighted by atomic mass is 10.00. The molecule has 0 spiro atoms.